The molecule has 0 aliphatic carbocycles. The average molecular weight is 284 g/mol. The Bertz CT molecular complexity index is 432. The summed E-state index contributed by atoms with van der Waals surface area (Å²) in [5, 5.41) is 0. The van der Waals surface area contributed by atoms with Gasteiger partial charge in [0.2, 0.25) is 0 Å². The number of carbonyl (C=O) groups is 1. The van der Waals surface area contributed by atoms with Crippen LogP contribution in [0.15, 0.2) is 18.2 Å². The molecule has 0 fully saturated rings. The minimum Gasteiger partial charge on any atom is -0.373 e. The molecule has 0 radical (unpaired) electrons. The fourth-order valence-electron chi connectivity index (χ4n) is 1.97. The third kappa shape index (κ3) is 5.37. The molecule has 20 heavy (non-hydrogen) atoms. The predicted molar refractivity (Wildman–Crippen MR) is 74.8 cm³/mol. The smallest absolute Gasteiger partial charge is 0.188 e. The van der Waals surface area contributed by atoms with Crippen LogP contribution in [0.4, 0.5) is 8.78 Å². The summed E-state index contributed by atoms with van der Waals surface area (Å²) in [6, 6.07) is 3.15. The fourth-order valence-corrected chi connectivity index (χ4v) is 1.97. The van der Waals surface area contributed by atoms with Crippen LogP contribution in [0.2, 0.25) is 0 Å². The Morgan fingerprint density at radius 3 is 2.60 bits per heavy atom. The molecule has 0 N–H and O–H groups in total. The molecule has 0 saturated heterocycles. The Hall–Kier alpha value is -1.29. The van der Waals surface area contributed by atoms with E-state index in [0.717, 1.165) is 37.8 Å². The van der Waals surface area contributed by atoms with Crippen LogP contribution in [0.3, 0.4) is 0 Å². The highest BCUT2D eigenvalue weighted by molar-refractivity contribution is 5.97. The van der Waals surface area contributed by atoms with Crippen LogP contribution in [0.25, 0.3) is 0 Å². The highest BCUT2D eigenvalue weighted by atomic mass is 19.2. The zero-order chi connectivity index (χ0) is 15.0. The summed E-state index contributed by atoms with van der Waals surface area (Å²) in [5.41, 5.74) is 0.144. The van der Waals surface area contributed by atoms with Crippen molar-refractivity contribution in [2.75, 3.05) is 13.2 Å². The van der Waals surface area contributed by atoms with Crippen molar-refractivity contribution in [3.05, 3.63) is 35.4 Å². The molecule has 4 heteroatoms. The van der Waals surface area contributed by atoms with Gasteiger partial charge in [-0.05, 0) is 30.5 Å². The number of carbonyl (C=O) groups excluding carboxylic acids is 1. The van der Waals surface area contributed by atoms with Gasteiger partial charge in [0, 0.05) is 12.2 Å². The molecule has 1 unspecified atom stereocenters. The minimum atomic E-state index is -1.01. The van der Waals surface area contributed by atoms with Crippen LogP contribution in [0.5, 0.6) is 0 Å². The van der Waals surface area contributed by atoms with E-state index in [1.165, 1.54) is 6.07 Å². The van der Waals surface area contributed by atoms with Crippen molar-refractivity contribution in [1.29, 1.82) is 0 Å². The van der Waals surface area contributed by atoms with Crippen molar-refractivity contribution >= 4 is 5.78 Å². The highest BCUT2D eigenvalue weighted by Gasteiger charge is 2.11. The van der Waals surface area contributed by atoms with Gasteiger partial charge in [-0.3, -0.25) is 4.79 Å². The van der Waals surface area contributed by atoms with E-state index in [2.05, 4.69) is 13.8 Å². The first kappa shape index (κ1) is 16.8. The van der Waals surface area contributed by atoms with Crippen LogP contribution < -0.4 is 0 Å². The lowest BCUT2D eigenvalue weighted by Gasteiger charge is -2.14. The zero-order valence-electron chi connectivity index (χ0n) is 12.1. The van der Waals surface area contributed by atoms with Gasteiger partial charge in [-0.2, -0.15) is 0 Å². The zero-order valence-corrected chi connectivity index (χ0v) is 12.1. The molecule has 1 aromatic rings. The molecule has 2 nitrogen and oxygen atoms in total. The van der Waals surface area contributed by atoms with Crippen molar-refractivity contribution in [1.82, 2.24) is 0 Å². The van der Waals surface area contributed by atoms with Crippen LogP contribution in [-0.4, -0.2) is 19.0 Å². The molecular formula is C16H22F2O2. The number of ether oxygens (including phenoxy) is 1. The van der Waals surface area contributed by atoms with Crippen LogP contribution in [0, 0.1) is 17.6 Å². The van der Waals surface area contributed by atoms with Crippen LogP contribution >= 0.6 is 0 Å². The summed E-state index contributed by atoms with van der Waals surface area (Å²) in [6.07, 6.45) is 4.40. The molecule has 1 aromatic carbocycles. The number of hydrogen-bond acceptors (Lipinski definition) is 2. The van der Waals surface area contributed by atoms with E-state index in [9.17, 15) is 13.6 Å². The van der Waals surface area contributed by atoms with Crippen LogP contribution in [0.1, 0.15) is 49.9 Å². The quantitative estimate of drug-likeness (QED) is 0.629. The lowest BCUT2D eigenvalue weighted by Crippen LogP contribution is -2.15. The number of halogens is 2. The molecule has 0 aliphatic rings. The van der Waals surface area contributed by atoms with Crippen molar-refractivity contribution in [3.63, 3.8) is 0 Å². The second-order valence-electron chi connectivity index (χ2n) is 4.98. The summed E-state index contributed by atoms with van der Waals surface area (Å²) in [7, 11) is 0. The standard InChI is InChI=1S/C16H22F2O2/c1-3-5-6-12(4-2)10-20-11-16(19)13-7-8-14(17)15(18)9-13/h7-9,12H,3-6,10-11H2,1-2H3. The molecule has 0 saturated carbocycles. The van der Waals surface area contributed by atoms with Crippen molar-refractivity contribution in [2.24, 2.45) is 5.92 Å². The summed E-state index contributed by atoms with van der Waals surface area (Å²) in [5.74, 6) is -1.83. The normalized spacial score (nSPS) is 12.4. The number of Topliss-reactive ketones (excluding diaryl/α,β-unsaturated/α-hetero) is 1. The lowest BCUT2D eigenvalue weighted by molar-refractivity contribution is 0.0658. The summed E-state index contributed by atoms with van der Waals surface area (Å²) < 4.78 is 31.2. The van der Waals surface area contributed by atoms with Crippen molar-refractivity contribution in [3.8, 4) is 0 Å². The van der Waals surface area contributed by atoms with Crippen molar-refractivity contribution in [2.45, 2.75) is 39.5 Å². The molecule has 0 aliphatic heterocycles. The highest BCUT2D eigenvalue weighted by Crippen LogP contribution is 2.13. The first-order chi connectivity index (χ1) is 9.58. The van der Waals surface area contributed by atoms with Crippen LogP contribution in [-0.2, 0) is 4.74 Å². The number of ketones is 1. The van der Waals surface area contributed by atoms with Gasteiger partial charge in [-0.25, -0.2) is 8.78 Å². The Balaban J connectivity index is 2.40. The second kappa shape index (κ2) is 8.80. The van der Waals surface area contributed by atoms with E-state index in [1.807, 2.05) is 0 Å². The Labute approximate surface area is 119 Å². The summed E-state index contributed by atoms with van der Waals surface area (Å²) in [6.45, 7) is 4.68. The Morgan fingerprint density at radius 2 is 2.00 bits per heavy atom. The summed E-state index contributed by atoms with van der Waals surface area (Å²) in [4.78, 5) is 11.8. The van der Waals surface area contributed by atoms with Gasteiger partial charge in [0.05, 0.1) is 0 Å². The van der Waals surface area contributed by atoms with E-state index in [0.29, 0.717) is 12.5 Å². The summed E-state index contributed by atoms with van der Waals surface area (Å²) >= 11 is 0. The van der Waals surface area contributed by atoms with E-state index in [-0.39, 0.29) is 18.0 Å². The Morgan fingerprint density at radius 1 is 1.25 bits per heavy atom. The maximum atomic E-state index is 13.0. The van der Waals surface area contributed by atoms with Gasteiger partial charge in [0.15, 0.2) is 17.4 Å². The first-order valence-corrected chi connectivity index (χ1v) is 7.14. The largest absolute Gasteiger partial charge is 0.373 e. The molecule has 0 spiro atoms. The number of hydrogen-bond donors (Lipinski definition) is 0. The minimum absolute atomic E-state index is 0.0896. The molecule has 1 rings (SSSR count). The second-order valence-corrected chi connectivity index (χ2v) is 4.98. The fraction of sp³-hybridized carbons (Fsp3) is 0.562. The topological polar surface area (TPSA) is 26.3 Å². The van der Waals surface area contributed by atoms with E-state index >= 15 is 0 Å². The van der Waals surface area contributed by atoms with Gasteiger partial charge in [-0.1, -0.05) is 33.1 Å². The molecule has 1 atom stereocenters. The monoisotopic (exact) mass is 284 g/mol. The first-order valence-electron chi connectivity index (χ1n) is 7.14. The lowest BCUT2D eigenvalue weighted by atomic mass is 10.0. The third-order valence-corrected chi connectivity index (χ3v) is 3.37. The molecule has 0 amide bonds. The molecule has 0 heterocycles. The van der Waals surface area contributed by atoms with E-state index in [4.69, 9.17) is 4.74 Å². The molecule has 0 aromatic heterocycles. The van der Waals surface area contributed by atoms with Gasteiger partial charge >= 0.3 is 0 Å². The maximum Gasteiger partial charge on any atom is 0.188 e. The van der Waals surface area contributed by atoms with Gasteiger partial charge < -0.3 is 4.74 Å². The Kier molecular flexibility index (Phi) is 7.37. The van der Waals surface area contributed by atoms with Gasteiger partial charge in [-0.15, -0.1) is 0 Å². The van der Waals surface area contributed by atoms with E-state index in [1.54, 1.807) is 0 Å². The van der Waals surface area contributed by atoms with Gasteiger partial charge in [0.1, 0.15) is 6.61 Å². The third-order valence-electron chi connectivity index (χ3n) is 3.37. The average Bonchev–Trinajstić information content (AvgIpc) is 2.45. The number of benzene rings is 1. The maximum absolute atomic E-state index is 13.0. The number of rotatable bonds is 9. The predicted octanol–water partition coefficient (Wildman–Crippen LogP) is 4.38. The molecular weight excluding hydrogens is 262 g/mol. The van der Waals surface area contributed by atoms with Crippen molar-refractivity contribution < 1.29 is 18.3 Å². The molecule has 112 valence electrons. The number of unbranched alkanes of at least 4 members (excludes halogenated alkanes) is 1. The van der Waals surface area contributed by atoms with E-state index < -0.39 is 11.6 Å². The molecule has 0 bridgehead atoms. The SMILES string of the molecule is CCCCC(CC)COCC(=O)c1ccc(F)c(F)c1. The van der Waals surface area contributed by atoms with Gasteiger partial charge in [0.25, 0.3) is 0 Å².